The Morgan fingerprint density at radius 2 is 2.33 bits per heavy atom. The number of rotatable bonds is 0. The molecule has 3 heteroatoms. The quantitative estimate of drug-likeness (QED) is 0.600. The van der Waals surface area contributed by atoms with Gasteiger partial charge in [0, 0.05) is 20.6 Å². The minimum absolute atomic E-state index is 0. The van der Waals surface area contributed by atoms with E-state index in [1.54, 1.807) is 0 Å². The maximum atomic E-state index is 4.17. The van der Waals surface area contributed by atoms with Crippen LogP contribution < -0.4 is 5.32 Å². The van der Waals surface area contributed by atoms with E-state index in [0.29, 0.717) is 0 Å². The summed E-state index contributed by atoms with van der Waals surface area (Å²) in [6.45, 7) is 8.15. The predicted molar refractivity (Wildman–Crippen MR) is 53.3 cm³/mol. The summed E-state index contributed by atoms with van der Waals surface area (Å²) in [6, 6.07) is 2.02. The van der Waals surface area contributed by atoms with Crippen molar-refractivity contribution >= 4 is 5.82 Å². The maximum absolute atomic E-state index is 4.17. The lowest BCUT2D eigenvalue weighted by Gasteiger charge is -2.00. The van der Waals surface area contributed by atoms with Crippen molar-refractivity contribution < 1.29 is 1.43 Å². The van der Waals surface area contributed by atoms with Crippen LogP contribution in [0.1, 0.15) is 14.3 Å². The van der Waals surface area contributed by atoms with Gasteiger partial charge in [0.05, 0.1) is 6.20 Å². The molecule has 1 aliphatic rings. The SMILES string of the molecule is C=C.[HH].c1cc2n(n1)CCCCN2. The standard InChI is InChI=1S/C7H11N3.C2H4.H2/c1-2-6-10-7(8-4-1)3-5-9-10;1-2;/h3,5,8H,1-2,4,6H2;1-2H2;1H. The number of hydrogen-bond acceptors (Lipinski definition) is 2. The van der Waals surface area contributed by atoms with Gasteiger partial charge < -0.3 is 5.32 Å². The third kappa shape index (κ3) is 1.87. The predicted octanol–water partition coefficient (Wildman–Crippen LogP) is 2.14. The fraction of sp³-hybridized carbons (Fsp3) is 0.444. The summed E-state index contributed by atoms with van der Waals surface area (Å²) >= 11 is 0. The highest BCUT2D eigenvalue weighted by atomic mass is 15.3. The van der Waals surface area contributed by atoms with E-state index in [1.807, 2.05) is 16.9 Å². The number of hydrogen-bond donors (Lipinski definition) is 1. The summed E-state index contributed by atoms with van der Waals surface area (Å²) in [4.78, 5) is 0. The summed E-state index contributed by atoms with van der Waals surface area (Å²) < 4.78 is 2.02. The van der Waals surface area contributed by atoms with E-state index in [9.17, 15) is 0 Å². The molecule has 1 aliphatic heterocycles. The van der Waals surface area contributed by atoms with Gasteiger partial charge in [-0.05, 0) is 12.8 Å². The lowest BCUT2D eigenvalue weighted by Crippen LogP contribution is -2.02. The number of nitrogens with one attached hydrogen (secondary N) is 1. The molecule has 0 fully saturated rings. The van der Waals surface area contributed by atoms with Crippen molar-refractivity contribution in [1.82, 2.24) is 9.78 Å². The fourth-order valence-electron chi connectivity index (χ4n) is 1.26. The Labute approximate surface area is 74.6 Å². The first kappa shape index (κ1) is 8.84. The van der Waals surface area contributed by atoms with Gasteiger partial charge in [0.25, 0.3) is 0 Å². The zero-order valence-corrected chi connectivity index (χ0v) is 7.29. The smallest absolute Gasteiger partial charge is 0.124 e. The monoisotopic (exact) mass is 167 g/mol. The first-order valence-electron chi connectivity index (χ1n) is 4.22. The molecule has 68 valence electrons. The van der Waals surface area contributed by atoms with Gasteiger partial charge in [-0.1, -0.05) is 0 Å². The third-order valence-corrected chi connectivity index (χ3v) is 1.82. The van der Waals surface area contributed by atoms with Crippen LogP contribution >= 0.6 is 0 Å². The molecule has 2 rings (SSSR count). The van der Waals surface area contributed by atoms with Gasteiger partial charge in [0.15, 0.2) is 0 Å². The Kier molecular flexibility index (Phi) is 3.38. The first-order valence-corrected chi connectivity index (χ1v) is 4.22. The number of anilines is 1. The van der Waals surface area contributed by atoms with Gasteiger partial charge in [0.2, 0.25) is 0 Å². The minimum Gasteiger partial charge on any atom is -0.370 e. The molecule has 0 saturated heterocycles. The van der Waals surface area contributed by atoms with Crippen molar-refractivity contribution in [3.05, 3.63) is 25.4 Å². The average molecular weight is 167 g/mol. The van der Waals surface area contributed by atoms with Crippen LogP contribution in [0.3, 0.4) is 0 Å². The van der Waals surface area contributed by atoms with E-state index in [1.165, 1.54) is 12.8 Å². The molecular formula is C9H17N3. The van der Waals surface area contributed by atoms with E-state index in [4.69, 9.17) is 0 Å². The lowest BCUT2D eigenvalue weighted by molar-refractivity contribution is 0.593. The van der Waals surface area contributed by atoms with Crippen LogP contribution in [-0.4, -0.2) is 16.3 Å². The van der Waals surface area contributed by atoms with Crippen LogP contribution in [0.2, 0.25) is 0 Å². The van der Waals surface area contributed by atoms with E-state index < -0.39 is 0 Å². The highest BCUT2D eigenvalue weighted by Gasteiger charge is 2.04. The minimum atomic E-state index is 0. The van der Waals surface area contributed by atoms with E-state index in [0.717, 1.165) is 18.9 Å². The molecule has 2 heterocycles. The molecule has 0 radical (unpaired) electrons. The van der Waals surface area contributed by atoms with Crippen LogP contribution in [0.25, 0.3) is 0 Å². The molecule has 0 aliphatic carbocycles. The van der Waals surface area contributed by atoms with Gasteiger partial charge in [-0.2, -0.15) is 5.10 Å². The van der Waals surface area contributed by atoms with Gasteiger partial charge in [-0.25, -0.2) is 4.68 Å². The molecule has 0 spiro atoms. The topological polar surface area (TPSA) is 29.9 Å². The zero-order valence-electron chi connectivity index (χ0n) is 7.29. The molecule has 1 aromatic heterocycles. The summed E-state index contributed by atoms with van der Waals surface area (Å²) in [5.41, 5.74) is 0. The molecule has 0 unspecified atom stereocenters. The summed E-state index contributed by atoms with van der Waals surface area (Å²) in [7, 11) is 0. The summed E-state index contributed by atoms with van der Waals surface area (Å²) in [5, 5.41) is 7.48. The van der Waals surface area contributed by atoms with Crippen molar-refractivity contribution in [3.8, 4) is 0 Å². The van der Waals surface area contributed by atoms with Gasteiger partial charge in [-0.15, -0.1) is 13.2 Å². The maximum Gasteiger partial charge on any atom is 0.124 e. The highest BCUT2D eigenvalue weighted by molar-refractivity contribution is 5.33. The van der Waals surface area contributed by atoms with E-state index in [-0.39, 0.29) is 1.43 Å². The molecule has 0 amide bonds. The van der Waals surface area contributed by atoms with Crippen molar-refractivity contribution in [2.75, 3.05) is 11.9 Å². The largest absolute Gasteiger partial charge is 0.370 e. The van der Waals surface area contributed by atoms with Gasteiger partial charge >= 0.3 is 0 Å². The second-order valence-electron chi connectivity index (χ2n) is 2.57. The van der Waals surface area contributed by atoms with Crippen molar-refractivity contribution in [2.45, 2.75) is 19.4 Å². The van der Waals surface area contributed by atoms with Crippen LogP contribution in [0.4, 0.5) is 5.82 Å². The lowest BCUT2D eigenvalue weighted by atomic mass is 10.3. The average Bonchev–Trinajstić information content (AvgIpc) is 2.46. The van der Waals surface area contributed by atoms with Gasteiger partial charge in [-0.3, -0.25) is 0 Å². The second-order valence-corrected chi connectivity index (χ2v) is 2.57. The number of aromatic nitrogens is 2. The van der Waals surface area contributed by atoms with E-state index in [2.05, 4.69) is 23.6 Å². The number of aryl methyl sites for hydroxylation is 1. The first-order chi connectivity index (χ1) is 5.97. The molecule has 1 N–H and O–H groups in total. The van der Waals surface area contributed by atoms with Crippen LogP contribution in [0, 0.1) is 0 Å². The Morgan fingerprint density at radius 3 is 3.17 bits per heavy atom. The normalized spacial score (nSPS) is 14.7. The fourth-order valence-corrected chi connectivity index (χ4v) is 1.26. The summed E-state index contributed by atoms with van der Waals surface area (Å²) in [5.74, 6) is 1.16. The number of nitrogens with zero attached hydrogens (tertiary/aromatic N) is 2. The van der Waals surface area contributed by atoms with Crippen molar-refractivity contribution in [1.29, 1.82) is 0 Å². The molecule has 0 atom stereocenters. The molecule has 0 aromatic carbocycles. The van der Waals surface area contributed by atoms with Crippen LogP contribution in [-0.2, 0) is 6.54 Å². The Bertz CT molecular complexity index is 214. The zero-order chi connectivity index (χ0) is 8.81. The van der Waals surface area contributed by atoms with Crippen molar-refractivity contribution in [2.24, 2.45) is 0 Å². The molecule has 0 saturated carbocycles. The molecule has 12 heavy (non-hydrogen) atoms. The Morgan fingerprint density at radius 1 is 1.50 bits per heavy atom. The van der Waals surface area contributed by atoms with Crippen molar-refractivity contribution in [3.63, 3.8) is 0 Å². The molecular weight excluding hydrogens is 150 g/mol. The Balaban J connectivity index is 0.000000451. The number of fused-ring (bicyclic) bond motifs is 1. The molecule has 3 nitrogen and oxygen atoms in total. The second kappa shape index (κ2) is 4.59. The van der Waals surface area contributed by atoms with E-state index >= 15 is 0 Å². The van der Waals surface area contributed by atoms with Crippen LogP contribution in [0.15, 0.2) is 25.4 Å². The highest BCUT2D eigenvalue weighted by Crippen LogP contribution is 2.11. The Hall–Kier alpha value is -1.25. The van der Waals surface area contributed by atoms with Crippen LogP contribution in [0.5, 0.6) is 0 Å². The third-order valence-electron chi connectivity index (χ3n) is 1.82. The summed E-state index contributed by atoms with van der Waals surface area (Å²) in [6.07, 6.45) is 4.33. The molecule has 1 aromatic rings. The van der Waals surface area contributed by atoms with Gasteiger partial charge in [0.1, 0.15) is 5.82 Å². The molecule has 0 bridgehead atoms.